The predicted molar refractivity (Wildman–Crippen MR) is 142 cm³/mol. The second-order valence-corrected chi connectivity index (χ2v) is 10.1. The fraction of sp³-hybridized carbons (Fsp3) is 0.185. The molecule has 0 radical (unpaired) electrons. The first-order valence-corrected chi connectivity index (χ1v) is 12.4. The van der Waals surface area contributed by atoms with Crippen LogP contribution in [0.2, 0.25) is 5.02 Å². The van der Waals surface area contributed by atoms with Crippen LogP contribution in [0.3, 0.4) is 0 Å². The molecular weight excluding hydrogens is 480 g/mol. The van der Waals surface area contributed by atoms with Crippen molar-refractivity contribution in [2.24, 2.45) is 0 Å². The molecule has 0 spiro atoms. The van der Waals surface area contributed by atoms with Gasteiger partial charge in [0.25, 0.3) is 0 Å². The molecule has 1 aromatic heterocycles. The van der Waals surface area contributed by atoms with Crippen molar-refractivity contribution in [3.63, 3.8) is 0 Å². The Morgan fingerprint density at radius 1 is 1.00 bits per heavy atom. The van der Waals surface area contributed by atoms with E-state index < -0.39 is 5.25 Å². The maximum Gasteiger partial charge on any atom is 0.237 e. The molecule has 8 heteroatoms. The number of nitrogens with zero attached hydrogens (tertiary/aromatic N) is 3. The molecule has 1 heterocycles. The molecular formula is C27H25ClN4O2S. The zero-order valence-corrected chi connectivity index (χ0v) is 21.4. The number of rotatable bonds is 7. The summed E-state index contributed by atoms with van der Waals surface area (Å²) in [5.41, 5.74) is 5.04. The summed E-state index contributed by atoms with van der Waals surface area (Å²) in [5, 5.41) is 12.5. The lowest BCUT2D eigenvalue weighted by molar-refractivity contribution is -0.115. The number of thioether (sulfide) groups is 1. The van der Waals surface area contributed by atoms with Gasteiger partial charge in [0, 0.05) is 21.8 Å². The van der Waals surface area contributed by atoms with Gasteiger partial charge >= 0.3 is 0 Å². The SMILES string of the molecule is CC(=O)c1cccc(NC(=O)C(C)Sc2nnc(-c3cccc(Cl)c3)n2-c2cc(C)ccc2C)c1. The van der Waals surface area contributed by atoms with Gasteiger partial charge in [0.05, 0.1) is 10.9 Å². The Morgan fingerprint density at radius 2 is 1.77 bits per heavy atom. The molecule has 0 aliphatic heterocycles. The maximum atomic E-state index is 13.0. The van der Waals surface area contributed by atoms with E-state index in [0.717, 1.165) is 22.4 Å². The molecule has 178 valence electrons. The second kappa shape index (κ2) is 10.5. The highest BCUT2D eigenvalue weighted by Gasteiger charge is 2.23. The minimum absolute atomic E-state index is 0.0568. The average molecular weight is 505 g/mol. The van der Waals surface area contributed by atoms with E-state index in [1.807, 2.05) is 49.6 Å². The van der Waals surface area contributed by atoms with Crippen molar-refractivity contribution >= 4 is 40.7 Å². The molecule has 1 N–H and O–H groups in total. The van der Waals surface area contributed by atoms with Crippen LogP contribution in [0.1, 0.15) is 35.3 Å². The van der Waals surface area contributed by atoms with E-state index in [1.54, 1.807) is 24.3 Å². The normalized spacial score (nSPS) is 11.8. The number of hydrogen-bond acceptors (Lipinski definition) is 5. The lowest BCUT2D eigenvalue weighted by Gasteiger charge is -2.16. The molecule has 4 rings (SSSR count). The molecule has 6 nitrogen and oxygen atoms in total. The van der Waals surface area contributed by atoms with E-state index in [-0.39, 0.29) is 11.7 Å². The molecule has 1 unspecified atom stereocenters. The summed E-state index contributed by atoms with van der Waals surface area (Å²) in [5.74, 6) is 0.389. The van der Waals surface area contributed by atoms with Crippen LogP contribution >= 0.6 is 23.4 Å². The molecule has 0 fully saturated rings. The van der Waals surface area contributed by atoms with Crippen molar-refractivity contribution in [3.8, 4) is 17.1 Å². The van der Waals surface area contributed by atoms with E-state index in [9.17, 15) is 9.59 Å². The van der Waals surface area contributed by atoms with Crippen molar-refractivity contribution in [1.82, 2.24) is 14.8 Å². The molecule has 1 amide bonds. The summed E-state index contributed by atoms with van der Waals surface area (Å²) >= 11 is 7.57. The lowest BCUT2D eigenvalue weighted by Crippen LogP contribution is -2.23. The smallest absolute Gasteiger partial charge is 0.237 e. The van der Waals surface area contributed by atoms with Crippen LogP contribution in [0.4, 0.5) is 5.69 Å². The number of nitrogens with one attached hydrogen (secondary N) is 1. The number of aromatic nitrogens is 3. The number of aryl methyl sites for hydroxylation is 2. The third-order valence-corrected chi connectivity index (χ3v) is 6.79. The zero-order valence-electron chi connectivity index (χ0n) is 19.9. The summed E-state index contributed by atoms with van der Waals surface area (Å²) in [7, 11) is 0. The highest BCUT2D eigenvalue weighted by molar-refractivity contribution is 8.00. The van der Waals surface area contributed by atoms with E-state index in [2.05, 4.69) is 33.7 Å². The Bertz CT molecular complexity index is 1420. The topological polar surface area (TPSA) is 76.9 Å². The van der Waals surface area contributed by atoms with Gasteiger partial charge in [-0.25, -0.2) is 0 Å². The quantitative estimate of drug-likeness (QED) is 0.229. The van der Waals surface area contributed by atoms with E-state index in [1.165, 1.54) is 18.7 Å². The number of anilines is 1. The van der Waals surface area contributed by atoms with Crippen LogP contribution in [-0.2, 0) is 4.79 Å². The number of benzene rings is 3. The van der Waals surface area contributed by atoms with Crippen LogP contribution in [0.5, 0.6) is 0 Å². The van der Waals surface area contributed by atoms with Crippen molar-refractivity contribution in [1.29, 1.82) is 0 Å². The fourth-order valence-corrected chi connectivity index (χ4v) is 4.66. The third-order valence-electron chi connectivity index (χ3n) is 5.51. The van der Waals surface area contributed by atoms with Gasteiger partial charge < -0.3 is 5.32 Å². The first-order chi connectivity index (χ1) is 16.7. The lowest BCUT2D eigenvalue weighted by atomic mass is 10.1. The Hall–Kier alpha value is -3.42. The minimum Gasteiger partial charge on any atom is -0.325 e. The van der Waals surface area contributed by atoms with Crippen LogP contribution in [0.25, 0.3) is 17.1 Å². The molecule has 4 aromatic rings. The van der Waals surface area contributed by atoms with E-state index in [0.29, 0.717) is 27.3 Å². The van der Waals surface area contributed by atoms with Gasteiger partial charge in [0.2, 0.25) is 5.91 Å². The second-order valence-electron chi connectivity index (χ2n) is 8.33. The van der Waals surface area contributed by atoms with E-state index >= 15 is 0 Å². The molecule has 0 saturated heterocycles. The minimum atomic E-state index is -0.476. The molecule has 0 aliphatic carbocycles. The summed E-state index contributed by atoms with van der Waals surface area (Å²) < 4.78 is 1.97. The van der Waals surface area contributed by atoms with Gasteiger partial charge in [0.1, 0.15) is 0 Å². The van der Waals surface area contributed by atoms with Crippen LogP contribution in [0.15, 0.2) is 71.9 Å². The van der Waals surface area contributed by atoms with Crippen molar-refractivity contribution in [2.45, 2.75) is 38.1 Å². The van der Waals surface area contributed by atoms with Gasteiger partial charge in [-0.3, -0.25) is 14.2 Å². The number of Topliss-reactive ketones (excluding diaryl/α,β-unsaturated/α-hetero) is 1. The molecule has 0 aliphatic rings. The van der Waals surface area contributed by atoms with E-state index in [4.69, 9.17) is 11.6 Å². The molecule has 1 atom stereocenters. The molecule has 35 heavy (non-hydrogen) atoms. The third kappa shape index (κ3) is 5.63. The highest BCUT2D eigenvalue weighted by Crippen LogP contribution is 2.33. The molecule has 0 bridgehead atoms. The van der Waals surface area contributed by atoms with Crippen LogP contribution in [0, 0.1) is 13.8 Å². The molecule has 3 aromatic carbocycles. The Morgan fingerprint density at radius 3 is 2.51 bits per heavy atom. The standard InChI is InChI=1S/C27H25ClN4O2S/c1-16-11-12-17(2)24(13-16)32-25(21-8-5-9-22(28)14-21)30-31-27(32)35-19(4)26(34)29-23-10-6-7-20(15-23)18(3)33/h5-15,19H,1-4H3,(H,29,34). The first kappa shape index (κ1) is 24.7. The number of carbonyl (C=O) groups is 2. The summed E-state index contributed by atoms with van der Waals surface area (Å²) in [4.78, 5) is 24.7. The predicted octanol–water partition coefficient (Wildman–Crippen LogP) is 6.53. The van der Waals surface area contributed by atoms with Crippen molar-refractivity contribution in [2.75, 3.05) is 5.32 Å². The highest BCUT2D eigenvalue weighted by atomic mass is 35.5. The van der Waals surface area contributed by atoms with Gasteiger partial charge in [-0.15, -0.1) is 10.2 Å². The number of halogens is 1. The monoisotopic (exact) mass is 504 g/mol. The van der Waals surface area contributed by atoms with Gasteiger partial charge in [-0.05, 0) is 69.2 Å². The number of amides is 1. The van der Waals surface area contributed by atoms with Gasteiger partial charge in [0.15, 0.2) is 16.8 Å². The van der Waals surface area contributed by atoms with Crippen LogP contribution < -0.4 is 5.32 Å². The van der Waals surface area contributed by atoms with Crippen molar-refractivity contribution in [3.05, 3.63) is 88.4 Å². The summed E-state index contributed by atoms with van der Waals surface area (Å²) in [6.07, 6.45) is 0. The summed E-state index contributed by atoms with van der Waals surface area (Å²) in [6.45, 7) is 7.38. The summed E-state index contributed by atoms with van der Waals surface area (Å²) in [6, 6.07) is 20.6. The van der Waals surface area contributed by atoms with Crippen LogP contribution in [-0.4, -0.2) is 31.7 Å². The van der Waals surface area contributed by atoms with Gasteiger partial charge in [-0.1, -0.05) is 59.8 Å². The number of hydrogen-bond donors (Lipinski definition) is 1. The maximum absolute atomic E-state index is 13.0. The number of carbonyl (C=O) groups excluding carboxylic acids is 2. The Balaban J connectivity index is 1.68. The molecule has 0 saturated carbocycles. The zero-order chi connectivity index (χ0) is 25.1. The van der Waals surface area contributed by atoms with Crippen molar-refractivity contribution < 1.29 is 9.59 Å². The van der Waals surface area contributed by atoms with Gasteiger partial charge in [-0.2, -0.15) is 0 Å². The number of ketones is 1. The first-order valence-electron chi connectivity index (χ1n) is 11.1. The fourth-order valence-electron chi connectivity index (χ4n) is 3.61. The largest absolute Gasteiger partial charge is 0.325 e. The Labute approximate surface area is 213 Å². The Kier molecular flexibility index (Phi) is 7.38. The average Bonchev–Trinajstić information content (AvgIpc) is 3.24.